The number of unbranched alkanes of at least 4 members (excludes halogenated alkanes) is 1. The number of hydrogen-bond acceptors (Lipinski definition) is 3. The minimum Gasteiger partial charge on any atom is -0.411 e. The molecule has 0 amide bonds. The van der Waals surface area contributed by atoms with E-state index in [1.165, 1.54) is 0 Å². The van der Waals surface area contributed by atoms with Gasteiger partial charge < -0.3 is 5.21 Å². The smallest absolute Gasteiger partial charge is 0.0874 e. The molecule has 25 heavy (non-hydrogen) atoms. The average molecular weight is 330 g/mol. The third kappa shape index (κ3) is 3.94. The molecule has 1 heterocycles. The predicted molar refractivity (Wildman–Crippen MR) is 105 cm³/mol. The first-order chi connectivity index (χ1) is 12.3. The van der Waals surface area contributed by atoms with Gasteiger partial charge in [-0.15, -0.1) is 0 Å². The van der Waals surface area contributed by atoms with Gasteiger partial charge in [0.1, 0.15) is 0 Å². The second-order valence-corrected chi connectivity index (χ2v) is 5.99. The quantitative estimate of drug-likeness (QED) is 0.353. The molecule has 3 nitrogen and oxygen atoms in total. The van der Waals surface area contributed by atoms with Gasteiger partial charge in [-0.1, -0.05) is 67.0 Å². The molecule has 3 rings (SSSR count). The van der Waals surface area contributed by atoms with Crippen molar-refractivity contribution < 1.29 is 5.21 Å². The van der Waals surface area contributed by atoms with Crippen LogP contribution < -0.4 is 0 Å². The normalized spacial score (nSPS) is 12.5. The van der Waals surface area contributed by atoms with Crippen LogP contribution in [-0.2, 0) is 0 Å². The van der Waals surface area contributed by atoms with Gasteiger partial charge in [-0.25, -0.2) is 0 Å². The van der Waals surface area contributed by atoms with E-state index in [0.717, 1.165) is 46.9 Å². The molecule has 0 radical (unpaired) electrons. The maximum absolute atomic E-state index is 9.61. The van der Waals surface area contributed by atoms with Crippen molar-refractivity contribution in [2.45, 2.75) is 26.2 Å². The Morgan fingerprint density at radius 2 is 1.80 bits per heavy atom. The number of allylic oxidation sites excluding steroid dienone is 1. The first-order valence-electron chi connectivity index (χ1n) is 8.65. The molecular weight excluding hydrogens is 308 g/mol. The molecule has 1 N–H and O–H groups in total. The fraction of sp³-hybridized carbons (Fsp3) is 0.182. The molecule has 0 atom stereocenters. The van der Waals surface area contributed by atoms with Crippen molar-refractivity contribution in [1.29, 1.82) is 0 Å². The highest BCUT2D eigenvalue weighted by molar-refractivity contribution is 6.28. The number of pyridine rings is 1. The molecule has 3 heteroatoms. The minimum atomic E-state index is 0.717. The van der Waals surface area contributed by atoms with Crippen molar-refractivity contribution in [3.8, 4) is 0 Å². The van der Waals surface area contributed by atoms with Crippen LogP contribution in [0, 0.1) is 0 Å². The zero-order valence-electron chi connectivity index (χ0n) is 14.4. The molecule has 0 fully saturated rings. The summed E-state index contributed by atoms with van der Waals surface area (Å²) in [5.41, 5.74) is 4.75. The fourth-order valence-electron chi connectivity index (χ4n) is 2.93. The van der Waals surface area contributed by atoms with Crippen molar-refractivity contribution in [2.24, 2.45) is 5.16 Å². The Kier molecular flexibility index (Phi) is 5.57. The zero-order valence-corrected chi connectivity index (χ0v) is 14.4. The highest BCUT2D eigenvalue weighted by atomic mass is 16.4. The third-order valence-electron chi connectivity index (χ3n) is 4.27. The Bertz CT molecular complexity index is 893. The lowest BCUT2D eigenvalue weighted by atomic mass is 9.94. The number of oxime groups is 1. The number of fused-ring (bicyclic) bond motifs is 1. The predicted octanol–water partition coefficient (Wildman–Crippen LogP) is 5.80. The van der Waals surface area contributed by atoms with E-state index in [1.807, 2.05) is 60.8 Å². The van der Waals surface area contributed by atoms with Crippen LogP contribution in [0.25, 0.3) is 22.6 Å². The SMILES string of the molecule is CCCCC(=N\O)/C(=C/c1ccnc2ccccc12)c1ccccc1. The summed E-state index contributed by atoms with van der Waals surface area (Å²) >= 11 is 0. The van der Waals surface area contributed by atoms with Gasteiger partial charge in [0.05, 0.1) is 11.2 Å². The Morgan fingerprint density at radius 1 is 1.04 bits per heavy atom. The molecule has 0 unspecified atom stereocenters. The summed E-state index contributed by atoms with van der Waals surface area (Å²) < 4.78 is 0. The highest BCUT2D eigenvalue weighted by Gasteiger charge is 2.11. The number of rotatable bonds is 6. The molecular formula is C22H22N2O. The van der Waals surface area contributed by atoms with Crippen LogP contribution in [0.5, 0.6) is 0 Å². The van der Waals surface area contributed by atoms with E-state index in [-0.39, 0.29) is 0 Å². The van der Waals surface area contributed by atoms with E-state index in [0.29, 0.717) is 5.71 Å². The maximum Gasteiger partial charge on any atom is 0.0874 e. The van der Waals surface area contributed by atoms with Gasteiger partial charge in [0, 0.05) is 17.2 Å². The molecule has 3 aromatic rings. The van der Waals surface area contributed by atoms with E-state index >= 15 is 0 Å². The van der Waals surface area contributed by atoms with Crippen LogP contribution in [0.2, 0.25) is 0 Å². The summed E-state index contributed by atoms with van der Waals surface area (Å²) in [6.45, 7) is 2.14. The van der Waals surface area contributed by atoms with Crippen molar-refractivity contribution >= 4 is 28.3 Å². The molecule has 0 spiro atoms. The Morgan fingerprint density at radius 3 is 2.56 bits per heavy atom. The van der Waals surface area contributed by atoms with Gasteiger partial charge in [0.25, 0.3) is 0 Å². The summed E-state index contributed by atoms with van der Waals surface area (Å²) in [6, 6.07) is 20.2. The Balaban J connectivity index is 2.15. The molecule has 2 aromatic carbocycles. The van der Waals surface area contributed by atoms with Gasteiger partial charge in [-0.05, 0) is 42.2 Å². The lowest BCUT2D eigenvalue weighted by Gasteiger charge is -2.11. The standard InChI is InChI=1S/C22H22N2O/c1-2-3-12-22(24-25)20(17-9-5-4-6-10-17)16-18-14-15-23-21-13-8-7-11-19(18)21/h4-11,13-16,25H,2-3,12H2,1H3/b20-16+,24-22+. The first-order valence-corrected chi connectivity index (χ1v) is 8.65. The summed E-state index contributed by atoms with van der Waals surface area (Å²) in [5.74, 6) is 0. The monoisotopic (exact) mass is 330 g/mol. The number of para-hydroxylation sites is 1. The molecule has 126 valence electrons. The molecule has 0 aliphatic carbocycles. The largest absolute Gasteiger partial charge is 0.411 e. The van der Waals surface area contributed by atoms with Gasteiger partial charge in [0.2, 0.25) is 0 Å². The Hall–Kier alpha value is -2.94. The van der Waals surface area contributed by atoms with E-state index in [2.05, 4.69) is 29.2 Å². The Labute approximate surface area is 148 Å². The second-order valence-electron chi connectivity index (χ2n) is 5.99. The summed E-state index contributed by atoms with van der Waals surface area (Å²) in [4.78, 5) is 4.43. The van der Waals surface area contributed by atoms with Crippen LogP contribution in [0.15, 0.2) is 72.0 Å². The molecule has 0 saturated heterocycles. The van der Waals surface area contributed by atoms with Crippen LogP contribution in [0.1, 0.15) is 37.3 Å². The highest BCUT2D eigenvalue weighted by Crippen LogP contribution is 2.26. The molecule has 0 aliphatic heterocycles. The lowest BCUT2D eigenvalue weighted by Crippen LogP contribution is -2.03. The molecule has 1 aromatic heterocycles. The second kappa shape index (κ2) is 8.25. The van der Waals surface area contributed by atoms with Gasteiger partial charge in [-0.3, -0.25) is 4.98 Å². The van der Waals surface area contributed by atoms with Crippen LogP contribution in [0.3, 0.4) is 0 Å². The zero-order chi connectivity index (χ0) is 17.5. The van der Waals surface area contributed by atoms with Crippen molar-refractivity contribution in [1.82, 2.24) is 4.98 Å². The van der Waals surface area contributed by atoms with E-state index in [1.54, 1.807) is 0 Å². The summed E-state index contributed by atoms with van der Waals surface area (Å²) in [7, 11) is 0. The van der Waals surface area contributed by atoms with Crippen molar-refractivity contribution in [3.05, 3.63) is 78.0 Å². The van der Waals surface area contributed by atoms with Crippen molar-refractivity contribution in [3.63, 3.8) is 0 Å². The fourth-order valence-corrected chi connectivity index (χ4v) is 2.93. The molecule has 0 aliphatic rings. The van der Waals surface area contributed by atoms with Crippen molar-refractivity contribution in [2.75, 3.05) is 0 Å². The maximum atomic E-state index is 9.61. The summed E-state index contributed by atoms with van der Waals surface area (Å²) in [5, 5.41) is 14.3. The van der Waals surface area contributed by atoms with Crippen LogP contribution in [0.4, 0.5) is 0 Å². The third-order valence-corrected chi connectivity index (χ3v) is 4.27. The van der Waals surface area contributed by atoms with Crippen LogP contribution >= 0.6 is 0 Å². The van der Waals surface area contributed by atoms with E-state index in [9.17, 15) is 5.21 Å². The topological polar surface area (TPSA) is 45.5 Å². The molecule has 0 saturated carbocycles. The number of nitrogens with zero attached hydrogens (tertiary/aromatic N) is 2. The van der Waals surface area contributed by atoms with Crippen LogP contribution in [-0.4, -0.2) is 15.9 Å². The summed E-state index contributed by atoms with van der Waals surface area (Å²) in [6.07, 6.45) is 6.71. The minimum absolute atomic E-state index is 0.717. The number of benzene rings is 2. The van der Waals surface area contributed by atoms with Gasteiger partial charge in [0.15, 0.2) is 0 Å². The van der Waals surface area contributed by atoms with Gasteiger partial charge >= 0.3 is 0 Å². The van der Waals surface area contributed by atoms with E-state index in [4.69, 9.17) is 0 Å². The molecule has 0 bridgehead atoms. The van der Waals surface area contributed by atoms with Gasteiger partial charge in [-0.2, -0.15) is 0 Å². The number of aromatic nitrogens is 1. The number of hydrogen-bond donors (Lipinski definition) is 1. The van der Waals surface area contributed by atoms with E-state index < -0.39 is 0 Å². The average Bonchev–Trinajstić information content (AvgIpc) is 2.68. The first kappa shape index (κ1) is 16.9. The lowest BCUT2D eigenvalue weighted by molar-refractivity contribution is 0.318.